The Bertz CT molecular complexity index is 1340. The number of ether oxygens (including phenoxy) is 1. The minimum atomic E-state index is -0.713. The van der Waals surface area contributed by atoms with E-state index in [9.17, 15) is 13.6 Å². The van der Waals surface area contributed by atoms with Gasteiger partial charge in [-0.05, 0) is 54.3 Å². The van der Waals surface area contributed by atoms with Crippen LogP contribution in [0.25, 0.3) is 5.69 Å². The van der Waals surface area contributed by atoms with Gasteiger partial charge in [0, 0.05) is 24.4 Å². The van der Waals surface area contributed by atoms with Gasteiger partial charge in [-0.3, -0.25) is 4.57 Å². The van der Waals surface area contributed by atoms with Crippen LogP contribution in [-0.2, 0) is 6.54 Å². The Morgan fingerprint density at radius 2 is 1.71 bits per heavy atom. The molecule has 2 heterocycles. The third-order valence-electron chi connectivity index (χ3n) is 5.35. The van der Waals surface area contributed by atoms with E-state index in [4.69, 9.17) is 4.74 Å². The second-order valence-electron chi connectivity index (χ2n) is 9.36. The zero-order chi connectivity index (χ0) is 25.0. The van der Waals surface area contributed by atoms with E-state index < -0.39 is 17.3 Å². The summed E-state index contributed by atoms with van der Waals surface area (Å²) in [6.45, 7) is 7.11. The van der Waals surface area contributed by atoms with E-state index in [0.717, 1.165) is 40.2 Å². The Kier molecular flexibility index (Phi) is 6.95. The Labute approximate surface area is 202 Å². The fraction of sp³-hybridized carbons (Fsp3) is 0.269. The number of anilines is 1. The van der Waals surface area contributed by atoms with E-state index in [1.54, 1.807) is 36.5 Å². The van der Waals surface area contributed by atoms with Gasteiger partial charge >= 0.3 is 5.69 Å². The van der Waals surface area contributed by atoms with Gasteiger partial charge in [-0.2, -0.15) is 9.78 Å². The molecule has 35 heavy (non-hydrogen) atoms. The molecule has 0 spiro atoms. The van der Waals surface area contributed by atoms with Crippen LogP contribution in [0.1, 0.15) is 32.8 Å². The maximum Gasteiger partial charge on any atom is 0.350 e. The molecule has 0 saturated carbocycles. The molecule has 2 aromatic carbocycles. The van der Waals surface area contributed by atoms with Crippen molar-refractivity contribution in [2.45, 2.75) is 33.7 Å². The van der Waals surface area contributed by atoms with Gasteiger partial charge in [0.25, 0.3) is 0 Å². The molecule has 0 aliphatic carbocycles. The Morgan fingerprint density at radius 1 is 1.00 bits per heavy atom. The van der Waals surface area contributed by atoms with Crippen LogP contribution in [0.5, 0.6) is 11.5 Å². The first-order valence-electron chi connectivity index (χ1n) is 11.3. The Balaban J connectivity index is 1.44. The molecule has 0 bridgehead atoms. The summed E-state index contributed by atoms with van der Waals surface area (Å²) in [6, 6.07) is 14.0. The summed E-state index contributed by atoms with van der Waals surface area (Å²) in [5.41, 5.74) is 0.0208. The number of nitrogens with one attached hydrogen (secondary N) is 1. The number of nitrogens with zero attached hydrogens (tertiary/aromatic N) is 4. The molecule has 7 nitrogen and oxygen atoms in total. The van der Waals surface area contributed by atoms with Crippen LogP contribution in [0, 0.1) is 17.0 Å². The van der Waals surface area contributed by atoms with E-state index >= 15 is 0 Å². The van der Waals surface area contributed by atoms with Gasteiger partial charge in [0.2, 0.25) is 0 Å². The zero-order valence-electron chi connectivity index (χ0n) is 19.8. The number of hydrogen-bond donors (Lipinski definition) is 1. The fourth-order valence-corrected chi connectivity index (χ4v) is 3.40. The van der Waals surface area contributed by atoms with Crippen molar-refractivity contribution >= 4 is 5.82 Å². The normalized spacial score (nSPS) is 11.5. The average molecular weight is 480 g/mol. The minimum Gasteiger partial charge on any atom is -0.457 e. The van der Waals surface area contributed by atoms with Crippen molar-refractivity contribution in [3.05, 3.63) is 94.8 Å². The summed E-state index contributed by atoms with van der Waals surface area (Å²) in [7, 11) is 0. The quantitative estimate of drug-likeness (QED) is 0.367. The molecule has 0 aliphatic rings. The predicted molar refractivity (Wildman–Crippen MR) is 130 cm³/mol. The van der Waals surface area contributed by atoms with Crippen molar-refractivity contribution in [2.24, 2.45) is 5.41 Å². The second-order valence-corrected chi connectivity index (χ2v) is 9.36. The second kappa shape index (κ2) is 10.1. The Hall–Kier alpha value is -4.01. The van der Waals surface area contributed by atoms with Crippen LogP contribution >= 0.6 is 0 Å². The molecule has 2 aromatic heterocycles. The number of hydrogen-bond acceptors (Lipinski definition) is 5. The van der Waals surface area contributed by atoms with Crippen LogP contribution < -0.4 is 15.7 Å². The van der Waals surface area contributed by atoms with Gasteiger partial charge < -0.3 is 10.1 Å². The molecule has 0 aliphatic heterocycles. The highest BCUT2D eigenvalue weighted by molar-refractivity contribution is 5.43. The topological polar surface area (TPSA) is 74.0 Å². The van der Waals surface area contributed by atoms with Crippen molar-refractivity contribution < 1.29 is 13.5 Å². The third kappa shape index (κ3) is 6.11. The lowest BCUT2D eigenvalue weighted by Gasteiger charge is -2.18. The van der Waals surface area contributed by atoms with Gasteiger partial charge in [0.1, 0.15) is 35.3 Å². The fourth-order valence-electron chi connectivity index (χ4n) is 3.40. The lowest BCUT2D eigenvalue weighted by molar-refractivity contribution is 0.389. The van der Waals surface area contributed by atoms with Gasteiger partial charge in [-0.15, -0.1) is 0 Å². The number of aromatic nitrogens is 4. The summed E-state index contributed by atoms with van der Waals surface area (Å²) < 4.78 is 36.1. The molecule has 4 aromatic rings. The molecule has 0 radical (unpaired) electrons. The zero-order valence-corrected chi connectivity index (χ0v) is 19.8. The molecule has 0 atom stereocenters. The van der Waals surface area contributed by atoms with E-state index in [1.807, 2.05) is 6.07 Å². The average Bonchev–Trinajstić information content (AvgIpc) is 3.16. The van der Waals surface area contributed by atoms with Crippen molar-refractivity contribution in [2.75, 3.05) is 11.9 Å². The summed E-state index contributed by atoms with van der Waals surface area (Å²) in [4.78, 5) is 17.1. The number of pyridine rings is 1. The highest BCUT2D eigenvalue weighted by atomic mass is 19.1. The standard InChI is InChI=1S/C26H27F2N5O2/c1-26(2,3)12-14-30-24-15-20(11-13-29-24)35-19-9-7-18(8-10-19)33-25(34)32(17-31-33)16-21-22(27)5-4-6-23(21)28/h4-11,13,15,17H,12,14,16H2,1-3H3,(H,29,30). The maximum atomic E-state index is 13.9. The van der Waals surface area contributed by atoms with E-state index in [1.165, 1.54) is 12.4 Å². The molecule has 1 N–H and O–H groups in total. The van der Waals surface area contributed by atoms with E-state index in [-0.39, 0.29) is 17.5 Å². The first-order valence-corrected chi connectivity index (χ1v) is 11.3. The predicted octanol–water partition coefficient (Wildman–Crippen LogP) is 5.40. The van der Waals surface area contributed by atoms with E-state index in [0.29, 0.717) is 17.2 Å². The first-order chi connectivity index (χ1) is 16.7. The van der Waals surface area contributed by atoms with Crippen molar-refractivity contribution in [3.8, 4) is 17.2 Å². The van der Waals surface area contributed by atoms with E-state index in [2.05, 4.69) is 36.2 Å². The van der Waals surface area contributed by atoms with Crippen molar-refractivity contribution in [1.82, 2.24) is 19.3 Å². The van der Waals surface area contributed by atoms with Gasteiger partial charge in [-0.25, -0.2) is 18.6 Å². The van der Waals surface area contributed by atoms with Gasteiger partial charge in [0.15, 0.2) is 0 Å². The summed E-state index contributed by atoms with van der Waals surface area (Å²) in [6.07, 6.45) is 3.93. The molecular formula is C26H27F2N5O2. The molecule has 0 unspecified atom stereocenters. The molecule has 0 fully saturated rings. The lowest BCUT2D eigenvalue weighted by Crippen LogP contribution is -2.24. The smallest absolute Gasteiger partial charge is 0.350 e. The molecule has 0 saturated heterocycles. The van der Waals surface area contributed by atoms with Crippen molar-refractivity contribution in [1.29, 1.82) is 0 Å². The van der Waals surface area contributed by atoms with Crippen LogP contribution in [-0.4, -0.2) is 25.9 Å². The van der Waals surface area contributed by atoms with Crippen LogP contribution in [0.3, 0.4) is 0 Å². The lowest BCUT2D eigenvalue weighted by atomic mass is 9.92. The molecule has 0 amide bonds. The number of halogens is 2. The maximum absolute atomic E-state index is 13.9. The number of rotatable bonds is 8. The van der Waals surface area contributed by atoms with Crippen molar-refractivity contribution in [3.63, 3.8) is 0 Å². The highest BCUT2D eigenvalue weighted by Gasteiger charge is 2.14. The SMILES string of the molecule is CC(C)(C)CCNc1cc(Oc2ccc(-n3ncn(Cc4c(F)cccc4F)c3=O)cc2)ccn1. The third-order valence-corrected chi connectivity index (χ3v) is 5.35. The molecular weight excluding hydrogens is 452 g/mol. The first kappa shape index (κ1) is 24.1. The molecule has 182 valence electrons. The minimum absolute atomic E-state index is 0.192. The van der Waals surface area contributed by atoms with Crippen LogP contribution in [0.15, 0.2) is 71.9 Å². The molecule has 9 heteroatoms. The number of benzene rings is 2. The largest absolute Gasteiger partial charge is 0.457 e. The Morgan fingerprint density at radius 3 is 2.40 bits per heavy atom. The van der Waals surface area contributed by atoms with Gasteiger partial charge in [-0.1, -0.05) is 26.8 Å². The monoisotopic (exact) mass is 479 g/mol. The highest BCUT2D eigenvalue weighted by Crippen LogP contribution is 2.24. The molecule has 4 rings (SSSR count). The summed E-state index contributed by atoms with van der Waals surface area (Å²) >= 11 is 0. The van der Waals surface area contributed by atoms with Crippen LogP contribution in [0.2, 0.25) is 0 Å². The van der Waals surface area contributed by atoms with Crippen LogP contribution in [0.4, 0.5) is 14.6 Å². The summed E-state index contributed by atoms with van der Waals surface area (Å²) in [5.74, 6) is 0.497. The summed E-state index contributed by atoms with van der Waals surface area (Å²) in [5, 5.41) is 7.38. The van der Waals surface area contributed by atoms with Gasteiger partial charge in [0.05, 0.1) is 12.2 Å².